The molecule has 1 heterocycles. The van der Waals surface area contributed by atoms with E-state index in [1.54, 1.807) is 12.3 Å². The number of aromatic nitrogens is 1. The first-order valence-electron chi connectivity index (χ1n) is 6.23. The molecule has 3 N–H and O–H groups in total. The molecule has 0 atom stereocenters. The fourth-order valence-corrected chi connectivity index (χ4v) is 1.92. The van der Waals surface area contributed by atoms with Gasteiger partial charge < -0.3 is 11.1 Å². The summed E-state index contributed by atoms with van der Waals surface area (Å²) >= 11 is 0. The molecule has 1 aromatic heterocycles. The third kappa shape index (κ3) is 3.17. The molecule has 2 aromatic rings. The second-order valence-corrected chi connectivity index (χ2v) is 4.29. The lowest BCUT2D eigenvalue weighted by molar-refractivity contribution is 0.102. The number of nitrogens with one attached hydrogen (secondary N) is 1. The van der Waals surface area contributed by atoms with E-state index in [2.05, 4.69) is 10.3 Å². The zero-order valence-corrected chi connectivity index (χ0v) is 10.9. The summed E-state index contributed by atoms with van der Waals surface area (Å²) in [6.45, 7) is 2.39. The van der Waals surface area contributed by atoms with Crippen LogP contribution in [0, 0.1) is 6.92 Å². The van der Waals surface area contributed by atoms with E-state index in [0.29, 0.717) is 18.5 Å². The number of carbonyl (C=O) groups is 1. The van der Waals surface area contributed by atoms with Crippen LogP contribution in [0.15, 0.2) is 42.6 Å². The number of nitrogens with zero attached hydrogens (tertiary/aromatic N) is 1. The van der Waals surface area contributed by atoms with Gasteiger partial charge in [-0.05, 0) is 43.7 Å². The molecule has 0 aliphatic carbocycles. The summed E-state index contributed by atoms with van der Waals surface area (Å²) in [5.74, 6) is -0.125. The van der Waals surface area contributed by atoms with Gasteiger partial charge in [-0.1, -0.05) is 18.2 Å². The average Bonchev–Trinajstić information content (AvgIpc) is 2.42. The van der Waals surface area contributed by atoms with Crippen LogP contribution in [0.25, 0.3) is 0 Å². The van der Waals surface area contributed by atoms with E-state index in [4.69, 9.17) is 5.73 Å². The van der Waals surface area contributed by atoms with Gasteiger partial charge in [0.25, 0.3) is 5.91 Å². The Hall–Kier alpha value is -2.20. The van der Waals surface area contributed by atoms with Crippen LogP contribution in [-0.4, -0.2) is 17.4 Å². The van der Waals surface area contributed by atoms with Gasteiger partial charge in [-0.25, -0.2) is 0 Å². The second-order valence-electron chi connectivity index (χ2n) is 4.29. The molecule has 0 spiro atoms. The van der Waals surface area contributed by atoms with Crippen LogP contribution in [0.5, 0.6) is 0 Å². The Morgan fingerprint density at radius 2 is 2.05 bits per heavy atom. The normalized spacial score (nSPS) is 10.2. The predicted octanol–water partition coefficient (Wildman–Crippen LogP) is 2.14. The van der Waals surface area contributed by atoms with E-state index in [1.807, 2.05) is 37.3 Å². The molecule has 0 fully saturated rings. The fraction of sp³-hybridized carbons (Fsp3) is 0.200. The minimum Gasteiger partial charge on any atom is -0.330 e. The number of pyridine rings is 1. The molecule has 0 bridgehead atoms. The van der Waals surface area contributed by atoms with Gasteiger partial charge in [0, 0.05) is 11.8 Å². The first-order valence-corrected chi connectivity index (χ1v) is 6.23. The molecule has 0 aliphatic rings. The number of aryl methyl sites for hydroxylation is 1. The Balaban J connectivity index is 2.23. The molecule has 0 saturated carbocycles. The van der Waals surface area contributed by atoms with E-state index in [1.165, 1.54) is 0 Å². The number of anilines is 1. The van der Waals surface area contributed by atoms with Gasteiger partial charge >= 0.3 is 0 Å². The first kappa shape index (κ1) is 13.2. The summed E-state index contributed by atoms with van der Waals surface area (Å²) in [7, 11) is 0. The van der Waals surface area contributed by atoms with Crippen LogP contribution in [0.2, 0.25) is 0 Å². The molecule has 98 valence electrons. The smallest absolute Gasteiger partial charge is 0.255 e. The maximum absolute atomic E-state index is 12.3. The van der Waals surface area contributed by atoms with E-state index in [-0.39, 0.29) is 5.91 Å². The molecule has 1 aromatic carbocycles. The summed E-state index contributed by atoms with van der Waals surface area (Å²) in [5.41, 5.74) is 8.72. The lowest BCUT2D eigenvalue weighted by Gasteiger charge is -2.10. The number of hydrogen-bond acceptors (Lipinski definition) is 3. The topological polar surface area (TPSA) is 68.0 Å². The lowest BCUT2D eigenvalue weighted by Crippen LogP contribution is -2.16. The molecular weight excluding hydrogens is 238 g/mol. The van der Waals surface area contributed by atoms with Gasteiger partial charge in [0.1, 0.15) is 0 Å². The highest BCUT2D eigenvalue weighted by Crippen LogP contribution is 2.15. The lowest BCUT2D eigenvalue weighted by atomic mass is 10.0. The van der Waals surface area contributed by atoms with Crippen LogP contribution in [0.1, 0.15) is 21.6 Å². The minimum atomic E-state index is -0.125. The Kier molecular flexibility index (Phi) is 4.26. The quantitative estimate of drug-likeness (QED) is 0.879. The number of nitrogens with two attached hydrogens (primary N) is 1. The highest BCUT2D eigenvalue weighted by atomic mass is 16.1. The summed E-state index contributed by atoms with van der Waals surface area (Å²) in [4.78, 5) is 16.4. The summed E-state index contributed by atoms with van der Waals surface area (Å²) in [6, 6.07) is 11.1. The molecule has 0 saturated heterocycles. The average molecular weight is 255 g/mol. The molecular formula is C15H17N3O. The molecule has 0 radical (unpaired) electrons. The maximum Gasteiger partial charge on any atom is 0.255 e. The fourth-order valence-electron chi connectivity index (χ4n) is 1.92. The number of amides is 1. The van der Waals surface area contributed by atoms with Crippen molar-refractivity contribution >= 4 is 11.6 Å². The Labute approximate surface area is 112 Å². The third-order valence-electron chi connectivity index (χ3n) is 2.93. The Morgan fingerprint density at radius 1 is 1.26 bits per heavy atom. The van der Waals surface area contributed by atoms with Gasteiger partial charge in [0.05, 0.1) is 11.4 Å². The van der Waals surface area contributed by atoms with Crippen molar-refractivity contribution in [3.63, 3.8) is 0 Å². The maximum atomic E-state index is 12.3. The Morgan fingerprint density at radius 3 is 2.79 bits per heavy atom. The van der Waals surface area contributed by atoms with Gasteiger partial charge in [0.15, 0.2) is 0 Å². The van der Waals surface area contributed by atoms with E-state index < -0.39 is 0 Å². The van der Waals surface area contributed by atoms with Crippen LogP contribution >= 0.6 is 0 Å². The molecule has 0 aliphatic heterocycles. The number of hydrogen-bond donors (Lipinski definition) is 2. The highest BCUT2D eigenvalue weighted by Gasteiger charge is 2.11. The van der Waals surface area contributed by atoms with Crippen molar-refractivity contribution in [2.24, 2.45) is 5.73 Å². The van der Waals surface area contributed by atoms with Crippen LogP contribution in [-0.2, 0) is 6.42 Å². The summed E-state index contributed by atoms with van der Waals surface area (Å²) in [6.07, 6.45) is 2.39. The molecule has 1 amide bonds. The first-order chi connectivity index (χ1) is 9.22. The SMILES string of the molecule is Cc1ncccc1NC(=O)c1ccccc1CCN. The molecule has 4 nitrogen and oxygen atoms in total. The van der Waals surface area contributed by atoms with E-state index >= 15 is 0 Å². The van der Waals surface area contributed by atoms with E-state index in [9.17, 15) is 4.79 Å². The van der Waals surface area contributed by atoms with Gasteiger partial charge in [0.2, 0.25) is 0 Å². The van der Waals surface area contributed by atoms with Crippen LogP contribution in [0.4, 0.5) is 5.69 Å². The van der Waals surface area contributed by atoms with Crippen molar-refractivity contribution in [3.8, 4) is 0 Å². The van der Waals surface area contributed by atoms with Crippen molar-refractivity contribution in [1.29, 1.82) is 0 Å². The van der Waals surface area contributed by atoms with Gasteiger partial charge in [-0.2, -0.15) is 0 Å². The van der Waals surface area contributed by atoms with Crippen molar-refractivity contribution in [3.05, 3.63) is 59.4 Å². The molecule has 0 unspecified atom stereocenters. The zero-order chi connectivity index (χ0) is 13.7. The van der Waals surface area contributed by atoms with Crippen molar-refractivity contribution in [2.45, 2.75) is 13.3 Å². The van der Waals surface area contributed by atoms with Crippen molar-refractivity contribution in [2.75, 3.05) is 11.9 Å². The predicted molar refractivity (Wildman–Crippen MR) is 76.1 cm³/mol. The highest BCUT2D eigenvalue weighted by molar-refractivity contribution is 6.05. The molecule has 4 heteroatoms. The van der Waals surface area contributed by atoms with Crippen LogP contribution < -0.4 is 11.1 Å². The number of benzene rings is 1. The minimum absolute atomic E-state index is 0.125. The van der Waals surface area contributed by atoms with Crippen molar-refractivity contribution in [1.82, 2.24) is 4.98 Å². The van der Waals surface area contributed by atoms with Gasteiger partial charge in [-0.15, -0.1) is 0 Å². The summed E-state index contributed by atoms with van der Waals surface area (Å²) < 4.78 is 0. The van der Waals surface area contributed by atoms with Crippen LogP contribution in [0.3, 0.4) is 0 Å². The third-order valence-corrected chi connectivity index (χ3v) is 2.93. The monoisotopic (exact) mass is 255 g/mol. The number of carbonyl (C=O) groups excluding carboxylic acids is 1. The standard InChI is InChI=1S/C15H17N3O/c1-11-14(7-4-10-17-11)18-15(19)13-6-3-2-5-12(13)8-9-16/h2-7,10H,8-9,16H2,1H3,(H,18,19). The Bertz CT molecular complexity index is 581. The molecule has 2 rings (SSSR count). The number of rotatable bonds is 4. The second kappa shape index (κ2) is 6.11. The molecule has 19 heavy (non-hydrogen) atoms. The zero-order valence-electron chi connectivity index (χ0n) is 10.9. The van der Waals surface area contributed by atoms with E-state index in [0.717, 1.165) is 16.9 Å². The largest absolute Gasteiger partial charge is 0.330 e. The summed E-state index contributed by atoms with van der Waals surface area (Å²) in [5, 5.41) is 2.88. The van der Waals surface area contributed by atoms with Gasteiger partial charge in [-0.3, -0.25) is 9.78 Å². The van der Waals surface area contributed by atoms with Crippen molar-refractivity contribution < 1.29 is 4.79 Å².